The maximum absolute atomic E-state index is 12.4. The van der Waals surface area contributed by atoms with E-state index >= 15 is 0 Å². The van der Waals surface area contributed by atoms with E-state index in [1.807, 2.05) is 42.2 Å². The molecule has 1 atom stereocenters. The summed E-state index contributed by atoms with van der Waals surface area (Å²) < 4.78 is 5.15. The topological polar surface area (TPSA) is 83.6 Å². The van der Waals surface area contributed by atoms with Gasteiger partial charge in [0.05, 0.1) is 12.7 Å². The summed E-state index contributed by atoms with van der Waals surface area (Å²) in [4.78, 5) is 30.8. The zero-order chi connectivity index (χ0) is 20.6. The van der Waals surface area contributed by atoms with Crippen LogP contribution in [-0.4, -0.2) is 49.6 Å². The minimum Gasteiger partial charge on any atom is -0.497 e. The minimum absolute atomic E-state index is 0.0271. The van der Waals surface area contributed by atoms with Crippen molar-refractivity contribution in [2.45, 2.75) is 32.2 Å². The molecule has 0 aliphatic carbocycles. The van der Waals surface area contributed by atoms with Crippen molar-refractivity contribution in [2.75, 3.05) is 31.6 Å². The number of nitrogens with zero attached hydrogens (tertiary/aromatic N) is 2. The summed E-state index contributed by atoms with van der Waals surface area (Å²) in [6.45, 7) is 3.90. The number of hydrogen-bond acceptors (Lipinski definition) is 5. The van der Waals surface area contributed by atoms with Crippen LogP contribution in [-0.2, 0) is 11.2 Å². The zero-order valence-corrected chi connectivity index (χ0v) is 17.0. The highest BCUT2D eigenvalue weighted by molar-refractivity contribution is 5.94. The first kappa shape index (κ1) is 20.6. The molecule has 2 N–H and O–H groups in total. The van der Waals surface area contributed by atoms with Crippen molar-refractivity contribution in [3.8, 4) is 5.75 Å². The summed E-state index contributed by atoms with van der Waals surface area (Å²) in [6, 6.07) is 11.3. The molecular formula is C22H28N4O3. The number of amides is 2. The molecule has 0 unspecified atom stereocenters. The van der Waals surface area contributed by atoms with Crippen LogP contribution in [0.4, 0.5) is 5.82 Å². The largest absolute Gasteiger partial charge is 0.497 e. The fourth-order valence-corrected chi connectivity index (χ4v) is 3.47. The molecule has 1 aromatic carbocycles. The first-order valence-corrected chi connectivity index (χ1v) is 10.0. The number of carbonyl (C=O) groups excluding carboxylic acids is 2. The van der Waals surface area contributed by atoms with Gasteiger partial charge in [0.25, 0.3) is 5.91 Å². The minimum atomic E-state index is -0.214. The number of benzene rings is 1. The highest BCUT2D eigenvalue weighted by Gasteiger charge is 2.28. The van der Waals surface area contributed by atoms with Gasteiger partial charge in [0.2, 0.25) is 5.91 Å². The summed E-state index contributed by atoms with van der Waals surface area (Å²) in [5.74, 6) is 1.46. The molecule has 154 valence electrons. The van der Waals surface area contributed by atoms with Gasteiger partial charge < -0.3 is 20.3 Å². The predicted octanol–water partition coefficient (Wildman–Crippen LogP) is 2.17. The van der Waals surface area contributed by atoms with E-state index in [0.29, 0.717) is 31.6 Å². The van der Waals surface area contributed by atoms with E-state index in [1.165, 1.54) is 5.56 Å². The number of ether oxygens (including phenoxy) is 1. The Morgan fingerprint density at radius 2 is 2.07 bits per heavy atom. The van der Waals surface area contributed by atoms with Gasteiger partial charge in [0, 0.05) is 25.8 Å². The standard InChI is InChI=1S/C22H28N4O3/c1-3-19-22(28)24-13-14-26(19)20-11-8-17(15-25-20)21(27)23-12-4-5-16-6-9-18(29-2)10-7-16/h6-11,15,19H,3-5,12-14H2,1-2H3,(H,23,27)(H,24,28)/t19-/m0/s1. The third-order valence-corrected chi connectivity index (χ3v) is 5.11. The monoisotopic (exact) mass is 396 g/mol. The van der Waals surface area contributed by atoms with E-state index in [9.17, 15) is 9.59 Å². The number of aryl methyl sites for hydroxylation is 1. The number of nitrogens with one attached hydrogen (secondary N) is 2. The first-order valence-electron chi connectivity index (χ1n) is 10.0. The van der Waals surface area contributed by atoms with Crippen molar-refractivity contribution in [2.24, 2.45) is 0 Å². The lowest BCUT2D eigenvalue weighted by molar-refractivity contribution is -0.123. The van der Waals surface area contributed by atoms with Crippen molar-refractivity contribution in [1.29, 1.82) is 0 Å². The average Bonchev–Trinajstić information content (AvgIpc) is 2.77. The normalized spacial score (nSPS) is 16.3. The number of piperazine rings is 1. The van der Waals surface area contributed by atoms with Crippen LogP contribution in [0.15, 0.2) is 42.6 Å². The summed E-state index contributed by atoms with van der Waals surface area (Å²) in [6.07, 6.45) is 4.03. The number of rotatable bonds is 8. The molecule has 1 saturated heterocycles. The molecule has 0 bridgehead atoms. The highest BCUT2D eigenvalue weighted by Crippen LogP contribution is 2.18. The second-order valence-corrected chi connectivity index (χ2v) is 7.02. The highest BCUT2D eigenvalue weighted by atomic mass is 16.5. The molecular weight excluding hydrogens is 368 g/mol. The Bertz CT molecular complexity index is 821. The maximum Gasteiger partial charge on any atom is 0.252 e. The molecule has 7 nitrogen and oxygen atoms in total. The Morgan fingerprint density at radius 1 is 1.28 bits per heavy atom. The van der Waals surface area contributed by atoms with Gasteiger partial charge in [-0.1, -0.05) is 19.1 Å². The summed E-state index contributed by atoms with van der Waals surface area (Å²) in [5.41, 5.74) is 1.73. The van der Waals surface area contributed by atoms with E-state index in [4.69, 9.17) is 4.74 Å². The molecule has 0 spiro atoms. The number of anilines is 1. The van der Waals surface area contributed by atoms with Crippen LogP contribution in [0.1, 0.15) is 35.7 Å². The molecule has 7 heteroatoms. The van der Waals surface area contributed by atoms with Gasteiger partial charge in [0.1, 0.15) is 17.6 Å². The van der Waals surface area contributed by atoms with Gasteiger partial charge in [-0.3, -0.25) is 9.59 Å². The first-order chi connectivity index (χ1) is 14.1. The molecule has 1 aliphatic heterocycles. The van der Waals surface area contributed by atoms with E-state index < -0.39 is 0 Å². The molecule has 29 heavy (non-hydrogen) atoms. The molecule has 1 aromatic heterocycles. The lowest BCUT2D eigenvalue weighted by Crippen LogP contribution is -2.55. The Kier molecular flexibility index (Phi) is 7.05. The third-order valence-electron chi connectivity index (χ3n) is 5.11. The Labute approximate surface area is 171 Å². The fraction of sp³-hybridized carbons (Fsp3) is 0.409. The van der Waals surface area contributed by atoms with Crippen LogP contribution in [0.5, 0.6) is 5.75 Å². The predicted molar refractivity (Wildman–Crippen MR) is 112 cm³/mol. The van der Waals surface area contributed by atoms with Gasteiger partial charge in [-0.2, -0.15) is 0 Å². The molecule has 1 aliphatic rings. The Morgan fingerprint density at radius 3 is 2.72 bits per heavy atom. The molecule has 2 heterocycles. The van der Waals surface area contributed by atoms with E-state index in [2.05, 4.69) is 15.6 Å². The number of pyridine rings is 1. The molecule has 1 fully saturated rings. The average molecular weight is 396 g/mol. The van der Waals surface area contributed by atoms with Crippen molar-refractivity contribution >= 4 is 17.6 Å². The fourth-order valence-electron chi connectivity index (χ4n) is 3.47. The number of methoxy groups -OCH3 is 1. The van der Waals surface area contributed by atoms with Crippen molar-refractivity contribution in [3.05, 3.63) is 53.7 Å². The summed E-state index contributed by atoms with van der Waals surface area (Å²) >= 11 is 0. The number of carbonyl (C=O) groups is 2. The van der Waals surface area contributed by atoms with Crippen LogP contribution in [0, 0.1) is 0 Å². The molecule has 2 amide bonds. The lowest BCUT2D eigenvalue weighted by Gasteiger charge is -2.35. The van der Waals surface area contributed by atoms with E-state index in [1.54, 1.807) is 19.4 Å². The maximum atomic E-state index is 12.4. The zero-order valence-electron chi connectivity index (χ0n) is 17.0. The van der Waals surface area contributed by atoms with Crippen molar-refractivity contribution in [1.82, 2.24) is 15.6 Å². The van der Waals surface area contributed by atoms with Crippen LogP contribution >= 0.6 is 0 Å². The van der Waals surface area contributed by atoms with Gasteiger partial charge in [-0.25, -0.2) is 4.98 Å². The van der Waals surface area contributed by atoms with E-state index in [0.717, 1.165) is 24.4 Å². The Balaban J connectivity index is 1.49. The SMILES string of the molecule is CC[C@H]1C(=O)NCCN1c1ccc(C(=O)NCCCc2ccc(OC)cc2)cn1. The molecule has 3 rings (SSSR count). The second-order valence-electron chi connectivity index (χ2n) is 7.02. The Hall–Kier alpha value is -3.09. The van der Waals surface area contributed by atoms with Crippen LogP contribution in [0.2, 0.25) is 0 Å². The van der Waals surface area contributed by atoms with Gasteiger partial charge >= 0.3 is 0 Å². The van der Waals surface area contributed by atoms with Crippen LogP contribution in [0.25, 0.3) is 0 Å². The van der Waals surface area contributed by atoms with Crippen LogP contribution in [0.3, 0.4) is 0 Å². The smallest absolute Gasteiger partial charge is 0.252 e. The van der Waals surface area contributed by atoms with Crippen molar-refractivity contribution in [3.63, 3.8) is 0 Å². The van der Waals surface area contributed by atoms with E-state index in [-0.39, 0.29) is 17.9 Å². The second kappa shape index (κ2) is 9.91. The number of aromatic nitrogens is 1. The molecule has 0 radical (unpaired) electrons. The van der Waals surface area contributed by atoms with Gasteiger partial charge in [-0.05, 0) is 49.1 Å². The van der Waals surface area contributed by atoms with Gasteiger partial charge in [0.15, 0.2) is 0 Å². The summed E-state index contributed by atoms with van der Waals surface area (Å²) in [5, 5.41) is 5.82. The quantitative estimate of drug-likeness (QED) is 0.668. The summed E-state index contributed by atoms with van der Waals surface area (Å²) in [7, 11) is 1.65. The third kappa shape index (κ3) is 5.25. The number of hydrogen-bond donors (Lipinski definition) is 2. The lowest BCUT2D eigenvalue weighted by atomic mass is 10.1. The van der Waals surface area contributed by atoms with Crippen molar-refractivity contribution < 1.29 is 14.3 Å². The molecule has 0 saturated carbocycles. The van der Waals surface area contributed by atoms with Crippen LogP contribution < -0.4 is 20.3 Å². The van der Waals surface area contributed by atoms with Gasteiger partial charge in [-0.15, -0.1) is 0 Å². The molecule has 2 aromatic rings.